The normalized spacial score (nSPS) is 16.4. The van der Waals surface area contributed by atoms with Crippen LogP contribution in [0.3, 0.4) is 0 Å². The average Bonchev–Trinajstić information content (AvgIpc) is 3.32. The number of likely N-dealkylation sites (tertiary alicyclic amines) is 1. The van der Waals surface area contributed by atoms with Gasteiger partial charge in [0.15, 0.2) is 8.29 Å². The number of allylic oxidation sites excluding steroid dienone is 2. The number of hydrogen-bond acceptors (Lipinski definition) is 7. The molecule has 9 heteroatoms. The lowest BCUT2D eigenvalue weighted by Crippen LogP contribution is -2.37. The zero-order valence-electron chi connectivity index (χ0n) is 19.7. The molecule has 184 valence electrons. The number of nitrogens with zero attached hydrogens (tertiary/aromatic N) is 2. The van der Waals surface area contributed by atoms with Gasteiger partial charge in [0.2, 0.25) is 17.7 Å². The van der Waals surface area contributed by atoms with Gasteiger partial charge in [0.05, 0.1) is 0 Å². The molecule has 0 spiro atoms. The Morgan fingerprint density at radius 2 is 1.67 bits per heavy atom. The number of unbranched alkanes of at least 4 members (excludes halogenated alkanes) is 11. The van der Waals surface area contributed by atoms with Crippen molar-refractivity contribution in [3.63, 3.8) is 0 Å². The van der Waals surface area contributed by atoms with E-state index in [1.54, 1.807) is 0 Å². The van der Waals surface area contributed by atoms with Gasteiger partial charge in [-0.1, -0.05) is 93.5 Å². The molecule has 1 aromatic rings. The van der Waals surface area contributed by atoms with E-state index in [9.17, 15) is 14.4 Å². The molecule has 2 heterocycles. The van der Waals surface area contributed by atoms with Crippen molar-refractivity contribution in [2.24, 2.45) is 0 Å². The Morgan fingerprint density at radius 3 is 2.27 bits per heavy atom. The van der Waals surface area contributed by atoms with Gasteiger partial charge in [-0.2, -0.15) is 5.10 Å². The third-order valence-corrected chi connectivity index (χ3v) is 8.04. The first-order chi connectivity index (χ1) is 16.0. The van der Waals surface area contributed by atoms with E-state index in [1.165, 1.54) is 74.5 Å². The first-order valence-corrected chi connectivity index (χ1v) is 14.4. The van der Waals surface area contributed by atoms with Crippen LogP contribution in [0, 0.1) is 3.95 Å². The van der Waals surface area contributed by atoms with E-state index in [1.807, 2.05) is 0 Å². The number of carbonyl (C=O) groups is 3. The van der Waals surface area contributed by atoms with Gasteiger partial charge >= 0.3 is 0 Å². The van der Waals surface area contributed by atoms with Gasteiger partial charge in [0, 0.05) is 12.8 Å². The molecule has 3 amide bonds. The van der Waals surface area contributed by atoms with E-state index in [0.717, 1.165) is 30.6 Å². The van der Waals surface area contributed by atoms with Crippen molar-refractivity contribution in [3.05, 3.63) is 16.1 Å². The lowest BCUT2D eigenvalue weighted by atomic mass is 10.1. The van der Waals surface area contributed by atoms with Crippen LogP contribution in [0.2, 0.25) is 0 Å². The number of nitrogens with one attached hydrogen (secondary N) is 1. The summed E-state index contributed by atoms with van der Waals surface area (Å²) in [6.07, 6.45) is 20.3. The Bertz CT molecular complexity index is 834. The number of amides is 3. The van der Waals surface area contributed by atoms with Crippen molar-refractivity contribution < 1.29 is 14.4 Å². The summed E-state index contributed by atoms with van der Waals surface area (Å²) in [7, 11) is 0. The number of aromatic nitrogens is 2. The molecule has 1 aliphatic heterocycles. The van der Waals surface area contributed by atoms with Crippen LogP contribution in [-0.2, 0) is 14.4 Å². The lowest BCUT2D eigenvalue weighted by molar-refractivity contribution is -0.149. The predicted molar refractivity (Wildman–Crippen MR) is 138 cm³/mol. The molecule has 1 aromatic heterocycles. The predicted octanol–water partition coefficient (Wildman–Crippen LogP) is 6.98. The van der Waals surface area contributed by atoms with Gasteiger partial charge in [0.25, 0.3) is 0 Å². The van der Waals surface area contributed by atoms with Crippen LogP contribution >= 0.6 is 35.3 Å². The number of thioether (sulfide) groups is 1. The van der Waals surface area contributed by atoms with Crippen LogP contribution in [0.4, 0.5) is 0 Å². The minimum atomic E-state index is -0.593. The molecule has 1 aliphatic rings. The highest BCUT2D eigenvalue weighted by molar-refractivity contribution is 8.02. The molecule has 2 rings (SSSR count). The molecule has 33 heavy (non-hydrogen) atoms. The second kappa shape index (κ2) is 16.3. The summed E-state index contributed by atoms with van der Waals surface area (Å²) in [5.74, 6) is -1.21. The van der Waals surface area contributed by atoms with Crippen molar-refractivity contribution in [2.45, 2.75) is 113 Å². The number of hydrogen-bond donors (Lipinski definition) is 1. The van der Waals surface area contributed by atoms with E-state index < -0.39 is 17.1 Å². The molecule has 0 radical (unpaired) electrons. The van der Waals surface area contributed by atoms with Gasteiger partial charge in [-0.25, -0.2) is 4.90 Å². The SMILES string of the molecule is CCCCCCCCC=CCCCCCCCC(=O)N1C(=O)CC(Sc2n[nH]c(=S)s2)C1=O. The van der Waals surface area contributed by atoms with Crippen LogP contribution in [-0.4, -0.2) is 38.1 Å². The summed E-state index contributed by atoms with van der Waals surface area (Å²) >= 11 is 7.44. The average molecular weight is 512 g/mol. The van der Waals surface area contributed by atoms with Gasteiger partial charge in [-0.3, -0.25) is 19.5 Å². The fraction of sp³-hybridized carbons (Fsp3) is 0.708. The summed E-state index contributed by atoms with van der Waals surface area (Å²) < 4.78 is 1.13. The minimum absolute atomic E-state index is 0.0357. The maximum Gasteiger partial charge on any atom is 0.250 e. The van der Waals surface area contributed by atoms with Crippen LogP contribution in [0.25, 0.3) is 0 Å². The van der Waals surface area contributed by atoms with Crippen LogP contribution in [0.5, 0.6) is 0 Å². The molecule has 0 aliphatic carbocycles. The van der Waals surface area contributed by atoms with Crippen molar-refractivity contribution >= 4 is 53.0 Å². The van der Waals surface area contributed by atoms with Crippen molar-refractivity contribution in [1.29, 1.82) is 0 Å². The van der Waals surface area contributed by atoms with Crippen LogP contribution in [0.1, 0.15) is 103 Å². The largest absolute Gasteiger partial charge is 0.274 e. The molecular weight excluding hydrogens is 474 g/mol. The molecule has 1 unspecified atom stereocenters. The zero-order valence-corrected chi connectivity index (χ0v) is 22.1. The molecule has 6 nitrogen and oxygen atoms in total. The van der Waals surface area contributed by atoms with E-state index in [2.05, 4.69) is 29.3 Å². The smallest absolute Gasteiger partial charge is 0.250 e. The summed E-state index contributed by atoms with van der Waals surface area (Å²) in [6, 6.07) is 0. The quantitative estimate of drug-likeness (QED) is 0.105. The Morgan fingerprint density at radius 1 is 1.06 bits per heavy atom. The molecule has 1 N–H and O–H groups in total. The monoisotopic (exact) mass is 511 g/mol. The third-order valence-electron chi connectivity index (χ3n) is 5.67. The molecule has 0 bridgehead atoms. The molecule has 1 saturated heterocycles. The topological polar surface area (TPSA) is 83.1 Å². The maximum absolute atomic E-state index is 12.5. The summed E-state index contributed by atoms with van der Waals surface area (Å²) in [6.45, 7) is 2.25. The van der Waals surface area contributed by atoms with E-state index in [-0.39, 0.29) is 18.7 Å². The Hall–Kier alpha value is -1.32. The molecular formula is C24H37N3O3S3. The molecule has 1 fully saturated rings. The number of carbonyl (C=O) groups excluding carboxylic acids is 3. The third kappa shape index (κ3) is 10.6. The molecule has 0 saturated carbocycles. The minimum Gasteiger partial charge on any atom is -0.274 e. The number of rotatable bonds is 17. The molecule has 0 aromatic carbocycles. The number of H-pyrrole nitrogens is 1. The second-order valence-electron chi connectivity index (χ2n) is 8.49. The molecule has 1 atom stereocenters. The Labute approximate surface area is 211 Å². The van der Waals surface area contributed by atoms with Gasteiger partial charge < -0.3 is 0 Å². The second-order valence-corrected chi connectivity index (χ2v) is 11.6. The summed E-state index contributed by atoms with van der Waals surface area (Å²) in [5.41, 5.74) is 0. The first kappa shape index (κ1) is 27.9. The summed E-state index contributed by atoms with van der Waals surface area (Å²) in [5, 5.41) is 6.07. The van der Waals surface area contributed by atoms with Crippen LogP contribution in [0.15, 0.2) is 16.5 Å². The highest BCUT2D eigenvalue weighted by atomic mass is 32.2. The van der Waals surface area contributed by atoms with E-state index in [0.29, 0.717) is 14.7 Å². The highest BCUT2D eigenvalue weighted by Crippen LogP contribution is 2.32. The lowest BCUT2D eigenvalue weighted by Gasteiger charge is -2.12. The van der Waals surface area contributed by atoms with Crippen molar-refractivity contribution in [3.8, 4) is 0 Å². The number of aromatic amines is 1. The zero-order chi connectivity index (χ0) is 23.9. The Kier molecular flexibility index (Phi) is 13.8. The fourth-order valence-electron chi connectivity index (χ4n) is 3.81. The fourth-order valence-corrected chi connectivity index (χ4v) is 6.15. The van der Waals surface area contributed by atoms with Crippen molar-refractivity contribution in [2.75, 3.05) is 0 Å². The van der Waals surface area contributed by atoms with Gasteiger partial charge in [0.1, 0.15) is 5.25 Å². The van der Waals surface area contributed by atoms with E-state index >= 15 is 0 Å². The Balaban J connectivity index is 1.50. The first-order valence-electron chi connectivity index (χ1n) is 12.3. The van der Waals surface area contributed by atoms with E-state index in [4.69, 9.17) is 12.2 Å². The van der Waals surface area contributed by atoms with Gasteiger partial charge in [-0.05, 0) is 44.3 Å². The summed E-state index contributed by atoms with van der Waals surface area (Å²) in [4.78, 5) is 38.0. The van der Waals surface area contributed by atoms with Crippen LogP contribution < -0.4 is 0 Å². The number of imide groups is 3. The van der Waals surface area contributed by atoms with Crippen molar-refractivity contribution in [1.82, 2.24) is 15.1 Å². The highest BCUT2D eigenvalue weighted by Gasteiger charge is 2.42. The standard InChI is InChI=1S/C24H37N3O3S3/c1-2-3-4-5-6-7-8-9-10-11-12-13-14-15-16-17-20(28)27-21(29)18-19(22(27)30)32-24-26-25-23(31)33-24/h9-10,19H,2-8,11-18H2,1H3,(H,25,31). The maximum atomic E-state index is 12.5. The van der Waals surface area contributed by atoms with Gasteiger partial charge in [-0.15, -0.1) is 0 Å².